The van der Waals surface area contributed by atoms with Crippen LogP contribution in [0.4, 0.5) is 4.39 Å². The summed E-state index contributed by atoms with van der Waals surface area (Å²) in [6.45, 7) is 2.24. The fraction of sp³-hybridized carbons (Fsp3) is 0.250. The van der Waals surface area contributed by atoms with Crippen LogP contribution >= 0.6 is 15.9 Å². The van der Waals surface area contributed by atoms with Crippen molar-refractivity contribution in [3.8, 4) is 0 Å². The minimum atomic E-state index is -0.617. The van der Waals surface area contributed by atoms with E-state index in [2.05, 4.69) is 26.2 Å². The lowest BCUT2D eigenvalue weighted by Gasteiger charge is -2.02. The highest BCUT2D eigenvalue weighted by atomic mass is 79.9. The number of hydrogen-bond donors (Lipinski definition) is 1. The van der Waals surface area contributed by atoms with Crippen LogP contribution in [0.3, 0.4) is 0 Å². The molecular weight excluding hydrogens is 239 g/mol. The smallest absolute Gasteiger partial charge is 0.254 e. The zero-order valence-electron chi connectivity index (χ0n) is 6.97. The Morgan fingerprint density at radius 2 is 2.46 bits per heavy atom. The highest BCUT2D eigenvalue weighted by Gasteiger charge is 2.11. The number of rotatable bonds is 2. The van der Waals surface area contributed by atoms with Crippen LogP contribution in [-0.2, 0) is 0 Å². The van der Waals surface area contributed by atoms with Gasteiger partial charge in [0, 0.05) is 6.54 Å². The van der Waals surface area contributed by atoms with Crippen molar-refractivity contribution in [3.63, 3.8) is 0 Å². The third kappa shape index (κ3) is 2.48. The second-order valence-corrected chi connectivity index (χ2v) is 3.16. The molecule has 0 aromatic carbocycles. The first-order chi connectivity index (χ1) is 6.15. The molecule has 3 nitrogen and oxygen atoms in total. The van der Waals surface area contributed by atoms with E-state index in [1.54, 1.807) is 6.92 Å². The molecule has 1 N–H and O–H groups in total. The molecule has 0 fully saturated rings. The predicted octanol–water partition coefficient (Wildman–Crippen LogP) is 1.73. The lowest BCUT2D eigenvalue weighted by atomic mass is 10.2. The molecule has 0 saturated carbocycles. The quantitative estimate of drug-likeness (QED) is 0.808. The van der Waals surface area contributed by atoms with Gasteiger partial charge in [0.25, 0.3) is 5.91 Å². The summed E-state index contributed by atoms with van der Waals surface area (Å²) in [5.41, 5.74) is 0.00345. The SMILES string of the molecule is CCNC(=O)c1cc(Br)ncc1F. The van der Waals surface area contributed by atoms with Crippen LogP contribution in [0.2, 0.25) is 0 Å². The van der Waals surface area contributed by atoms with Crippen LogP contribution in [0.1, 0.15) is 17.3 Å². The lowest BCUT2D eigenvalue weighted by Crippen LogP contribution is -2.23. The number of aromatic nitrogens is 1. The van der Waals surface area contributed by atoms with E-state index < -0.39 is 11.7 Å². The molecular formula is C8H8BrFN2O. The van der Waals surface area contributed by atoms with Gasteiger partial charge >= 0.3 is 0 Å². The zero-order valence-corrected chi connectivity index (χ0v) is 8.56. The van der Waals surface area contributed by atoms with Crippen molar-refractivity contribution in [1.82, 2.24) is 10.3 Å². The third-order valence-corrected chi connectivity index (χ3v) is 1.84. The highest BCUT2D eigenvalue weighted by Crippen LogP contribution is 2.11. The van der Waals surface area contributed by atoms with Crippen molar-refractivity contribution in [2.45, 2.75) is 6.92 Å². The van der Waals surface area contributed by atoms with Crippen molar-refractivity contribution in [1.29, 1.82) is 0 Å². The maximum absolute atomic E-state index is 13.0. The van der Waals surface area contributed by atoms with Crippen LogP contribution in [0.15, 0.2) is 16.9 Å². The fourth-order valence-corrected chi connectivity index (χ4v) is 1.17. The average Bonchev–Trinajstić information content (AvgIpc) is 2.09. The Balaban J connectivity index is 2.99. The lowest BCUT2D eigenvalue weighted by molar-refractivity contribution is 0.0951. The molecule has 0 saturated heterocycles. The summed E-state index contributed by atoms with van der Waals surface area (Å²) < 4.78 is 13.4. The van der Waals surface area contributed by atoms with Gasteiger partial charge in [-0.15, -0.1) is 0 Å². The molecule has 1 rings (SSSR count). The van der Waals surface area contributed by atoms with Gasteiger partial charge in [-0.3, -0.25) is 4.79 Å². The Kier molecular flexibility index (Phi) is 3.36. The third-order valence-electron chi connectivity index (χ3n) is 1.40. The molecule has 1 aromatic rings. The monoisotopic (exact) mass is 246 g/mol. The molecule has 0 aliphatic heterocycles. The molecule has 5 heteroatoms. The summed E-state index contributed by atoms with van der Waals surface area (Å²) in [7, 11) is 0. The number of hydrogen-bond acceptors (Lipinski definition) is 2. The van der Waals surface area contributed by atoms with Gasteiger partial charge in [0.05, 0.1) is 11.8 Å². The van der Waals surface area contributed by atoms with Gasteiger partial charge in [-0.2, -0.15) is 0 Å². The molecule has 1 aromatic heterocycles. The molecule has 0 unspecified atom stereocenters. The van der Waals surface area contributed by atoms with Crippen molar-refractivity contribution < 1.29 is 9.18 Å². The van der Waals surface area contributed by atoms with Crippen molar-refractivity contribution >= 4 is 21.8 Å². The Labute approximate surface area is 83.5 Å². The molecule has 0 atom stereocenters. The first kappa shape index (κ1) is 10.1. The van der Waals surface area contributed by atoms with E-state index in [9.17, 15) is 9.18 Å². The Morgan fingerprint density at radius 1 is 1.77 bits per heavy atom. The second-order valence-electron chi connectivity index (χ2n) is 2.35. The summed E-state index contributed by atoms with van der Waals surface area (Å²) in [5, 5.41) is 2.50. The number of halogens is 2. The van der Waals surface area contributed by atoms with Crippen LogP contribution in [0.25, 0.3) is 0 Å². The first-order valence-corrected chi connectivity index (χ1v) is 4.53. The normalized spacial score (nSPS) is 9.77. The van der Waals surface area contributed by atoms with Crippen molar-refractivity contribution in [2.24, 2.45) is 0 Å². The topological polar surface area (TPSA) is 42.0 Å². The predicted molar refractivity (Wildman–Crippen MR) is 49.9 cm³/mol. The minimum absolute atomic E-state index is 0.00345. The molecule has 0 radical (unpaired) electrons. The highest BCUT2D eigenvalue weighted by molar-refractivity contribution is 9.10. The van der Waals surface area contributed by atoms with E-state index in [4.69, 9.17) is 0 Å². The van der Waals surface area contributed by atoms with Crippen molar-refractivity contribution in [2.75, 3.05) is 6.54 Å². The fourth-order valence-electron chi connectivity index (χ4n) is 0.843. The molecule has 1 heterocycles. The standard InChI is InChI=1S/C8H8BrFN2O/c1-2-11-8(13)5-3-7(9)12-4-6(5)10/h3-4H,2H2,1H3,(H,11,13). The Morgan fingerprint density at radius 3 is 3.08 bits per heavy atom. The molecule has 0 aliphatic carbocycles. The van der Waals surface area contributed by atoms with Crippen LogP contribution in [0.5, 0.6) is 0 Å². The van der Waals surface area contributed by atoms with Gasteiger partial charge in [0.15, 0.2) is 5.82 Å². The summed E-state index contributed by atoms with van der Waals surface area (Å²) in [6, 6.07) is 1.35. The van der Waals surface area contributed by atoms with E-state index in [1.807, 2.05) is 0 Å². The largest absolute Gasteiger partial charge is 0.352 e. The van der Waals surface area contributed by atoms with Crippen LogP contribution in [-0.4, -0.2) is 17.4 Å². The van der Waals surface area contributed by atoms with E-state index in [1.165, 1.54) is 6.07 Å². The summed E-state index contributed by atoms with van der Waals surface area (Å²) in [6.07, 6.45) is 1.01. The Hall–Kier alpha value is -0.970. The molecule has 1 amide bonds. The van der Waals surface area contributed by atoms with Gasteiger partial charge in [-0.1, -0.05) is 0 Å². The molecule has 13 heavy (non-hydrogen) atoms. The first-order valence-electron chi connectivity index (χ1n) is 3.74. The number of amides is 1. The molecule has 70 valence electrons. The zero-order chi connectivity index (χ0) is 9.84. The van der Waals surface area contributed by atoms with Gasteiger partial charge in [0.2, 0.25) is 0 Å². The van der Waals surface area contributed by atoms with Gasteiger partial charge in [-0.25, -0.2) is 9.37 Å². The number of carbonyl (C=O) groups excluding carboxylic acids is 1. The average molecular weight is 247 g/mol. The number of carbonyl (C=O) groups is 1. The van der Waals surface area contributed by atoms with Crippen LogP contribution < -0.4 is 5.32 Å². The molecule has 0 aliphatic rings. The van der Waals surface area contributed by atoms with E-state index in [-0.39, 0.29) is 5.56 Å². The molecule has 0 spiro atoms. The van der Waals surface area contributed by atoms with Gasteiger partial charge in [-0.05, 0) is 28.9 Å². The van der Waals surface area contributed by atoms with Gasteiger partial charge < -0.3 is 5.32 Å². The van der Waals surface area contributed by atoms with E-state index >= 15 is 0 Å². The minimum Gasteiger partial charge on any atom is -0.352 e. The second kappa shape index (κ2) is 4.32. The number of nitrogens with zero attached hydrogens (tertiary/aromatic N) is 1. The van der Waals surface area contributed by atoms with Gasteiger partial charge in [0.1, 0.15) is 4.60 Å². The van der Waals surface area contributed by atoms with E-state index in [0.717, 1.165) is 6.20 Å². The number of pyridine rings is 1. The van der Waals surface area contributed by atoms with Crippen molar-refractivity contribution in [3.05, 3.63) is 28.2 Å². The van der Waals surface area contributed by atoms with Crippen LogP contribution in [0, 0.1) is 5.82 Å². The summed E-state index contributed by atoms with van der Waals surface area (Å²) in [5.74, 6) is -1.04. The molecule has 0 bridgehead atoms. The van der Waals surface area contributed by atoms with E-state index in [0.29, 0.717) is 11.1 Å². The summed E-state index contributed by atoms with van der Waals surface area (Å²) in [4.78, 5) is 14.9. The summed E-state index contributed by atoms with van der Waals surface area (Å²) >= 11 is 3.06. The Bertz CT molecular complexity index is 330. The maximum Gasteiger partial charge on any atom is 0.254 e. The maximum atomic E-state index is 13.0. The number of nitrogens with one attached hydrogen (secondary N) is 1.